The molecule has 0 saturated heterocycles. The number of hydrogen-bond acceptors (Lipinski definition) is 2. The van der Waals surface area contributed by atoms with E-state index in [9.17, 15) is 4.79 Å². The summed E-state index contributed by atoms with van der Waals surface area (Å²) in [7, 11) is 0. The lowest BCUT2D eigenvalue weighted by molar-refractivity contribution is -0.112. The molecule has 0 bridgehead atoms. The van der Waals surface area contributed by atoms with E-state index in [0.29, 0.717) is 17.9 Å². The smallest absolute Gasteiger partial charge is 0.293 e. The first kappa shape index (κ1) is 10.1. The number of rotatable bonds is 2. The Morgan fingerprint density at radius 3 is 2.86 bits per heavy atom. The zero-order valence-corrected chi connectivity index (χ0v) is 7.91. The van der Waals surface area contributed by atoms with Crippen molar-refractivity contribution >= 4 is 5.91 Å². The zero-order chi connectivity index (χ0) is 10.4. The van der Waals surface area contributed by atoms with Crippen molar-refractivity contribution in [3.8, 4) is 17.6 Å². The van der Waals surface area contributed by atoms with Gasteiger partial charge in [-0.1, -0.05) is 18.1 Å². The van der Waals surface area contributed by atoms with Gasteiger partial charge in [0.15, 0.2) is 0 Å². The molecule has 3 nitrogen and oxygen atoms in total. The highest BCUT2D eigenvalue weighted by molar-refractivity contribution is 5.92. The molecule has 72 valence electrons. The van der Waals surface area contributed by atoms with Crippen LogP contribution in [0.4, 0.5) is 0 Å². The van der Waals surface area contributed by atoms with Crippen molar-refractivity contribution in [1.29, 1.82) is 0 Å². The fourth-order valence-electron chi connectivity index (χ4n) is 0.980. The van der Waals surface area contributed by atoms with E-state index in [2.05, 4.69) is 11.8 Å². The number of primary amides is 1. The van der Waals surface area contributed by atoms with Gasteiger partial charge in [0.1, 0.15) is 5.75 Å². The van der Waals surface area contributed by atoms with E-state index in [1.165, 1.54) is 0 Å². The monoisotopic (exact) mass is 189 g/mol. The van der Waals surface area contributed by atoms with Gasteiger partial charge in [-0.2, -0.15) is 0 Å². The summed E-state index contributed by atoms with van der Waals surface area (Å²) in [4.78, 5) is 10.4. The van der Waals surface area contributed by atoms with E-state index in [1.54, 1.807) is 12.1 Å². The summed E-state index contributed by atoms with van der Waals surface area (Å²) in [5.74, 6) is 4.95. The van der Waals surface area contributed by atoms with E-state index in [-0.39, 0.29) is 0 Å². The van der Waals surface area contributed by atoms with Gasteiger partial charge in [-0.3, -0.25) is 4.79 Å². The minimum absolute atomic E-state index is 0.565. The lowest BCUT2D eigenvalue weighted by Gasteiger charge is -2.03. The highest BCUT2D eigenvalue weighted by Crippen LogP contribution is 2.16. The van der Waals surface area contributed by atoms with Crippen LogP contribution in [0.3, 0.4) is 0 Å². The number of nitrogens with two attached hydrogens (primary N) is 1. The number of para-hydroxylation sites is 1. The van der Waals surface area contributed by atoms with Gasteiger partial charge in [-0.15, -0.1) is 0 Å². The number of benzene rings is 1. The lowest BCUT2D eigenvalue weighted by atomic mass is 10.2. The summed E-state index contributed by atoms with van der Waals surface area (Å²) in [5.41, 5.74) is 5.59. The van der Waals surface area contributed by atoms with Crippen LogP contribution >= 0.6 is 0 Å². The molecule has 14 heavy (non-hydrogen) atoms. The molecule has 1 aromatic rings. The van der Waals surface area contributed by atoms with Crippen LogP contribution < -0.4 is 10.5 Å². The second-order valence-electron chi connectivity index (χ2n) is 2.54. The van der Waals surface area contributed by atoms with Gasteiger partial charge in [-0.05, 0) is 19.1 Å². The summed E-state index contributed by atoms with van der Waals surface area (Å²) < 4.78 is 5.31. The Morgan fingerprint density at radius 1 is 1.50 bits per heavy atom. The highest BCUT2D eigenvalue weighted by Gasteiger charge is 1.97. The normalized spacial score (nSPS) is 8.64. The molecule has 0 heterocycles. The first-order chi connectivity index (χ1) is 6.74. The van der Waals surface area contributed by atoms with E-state index in [1.807, 2.05) is 19.1 Å². The molecular formula is C11H11NO2. The number of hydrogen-bond donors (Lipinski definition) is 1. The fraction of sp³-hybridized carbons (Fsp3) is 0.182. The van der Waals surface area contributed by atoms with Gasteiger partial charge in [0.25, 0.3) is 5.91 Å². The van der Waals surface area contributed by atoms with Crippen LogP contribution in [0.2, 0.25) is 0 Å². The molecule has 0 radical (unpaired) electrons. The molecule has 2 N–H and O–H groups in total. The molecule has 0 fully saturated rings. The van der Waals surface area contributed by atoms with Gasteiger partial charge in [0, 0.05) is 5.92 Å². The second kappa shape index (κ2) is 4.93. The molecule has 0 aliphatic rings. The third kappa shape index (κ3) is 2.83. The quantitative estimate of drug-likeness (QED) is 0.703. The molecule has 0 atom stereocenters. The van der Waals surface area contributed by atoms with Crippen molar-refractivity contribution in [2.75, 3.05) is 6.61 Å². The van der Waals surface area contributed by atoms with Gasteiger partial charge in [0.05, 0.1) is 12.2 Å². The Balaban J connectivity index is 2.97. The fourth-order valence-corrected chi connectivity index (χ4v) is 0.980. The van der Waals surface area contributed by atoms with E-state index in [4.69, 9.17) is 10.5 Å². The molecule has 0 unspecified atom stereocenters. The van der Waals surface area contributed by atoms with Crippen molar-refractivity contribution in [1.82, 2.24) is 0 Å². The van der Waals surface area contributed by atoms with Crippen LogP contribution in [0.25, 0.3) is 0 Å². The van der Waals surface area contributed by atoms with Crippen molar-refractivity contribution in [3.63, 3.8) is 0 Å². The summed E-state index contributed by atoms with van der Waals surface area (Å²) in [5, 5.41) is 0. The van der Waals surface area contributed by atoms with Crippen molar-refractivity contribution < 1.29 is 9.53 Å². The van der Waals surface area contributed by atoms with Gasteiger partial charge >= 0.3 is 0 Å². The zero-order valence-electron chi connectivity index (χ0n) is 7.91. The van der Waals surface area contributed by atoms with E-state index < -0.39 is 5.91 Å². The summed E-state index contributed by atoms with van der Waals surface area (Å²) in [6.07, 6.45) is 0. The third-order valence-electron chi connectivity index (χ3n) is 1.51. The number of amides is 1. The molecule has 0 aliphatic carbocycles. The van der Waals surface area contributed by atoms with Crippen molar-refractivity contribution in [2.24, 2.45) is 5.73 Å². The van der Waals surface area contributed by atoms with Crippen molar-refractivity contribution in [3.05, 3.63) is 29.8 Å². The number of carbonyl (C=O) groups is 1. The predicted octanol–water partition coefficient (Wildman–Crippen LogP) is 0.922. The Bertz CT molecular complexity index is 388. The predicted molar refractivity (Wildman–Crippen MR) is 53.7 cm³/mol. The maximum Gasteiger partial charge on any atom is 0.293 e. The van der Waals surface area contributed by atoms with Crippen molar-refractivity contribution in [2.45, 2.75) is 6.92 Å². The molecule has 1 amide bonds. The van der Waals surface area contributed by atoms with Crippen LogP contribution in [-0.2, 0) is 4.79 Å². The van der Waals surface area contributed by atoms with E-state index >= 15 is 0 Å². The molecular weight excluding hydrogens is 178 g/mol. The minimum Gasteiger partial charge on any atom is -0.493 e. The summed E-state index contributed by atoms with van der Waals surface area (Å²) in [6.45, 7) is 2.45. The number of carbonyl (C=O) groups excluding carboxylic acids is 1. The SMILES string of the molecule is CCOc1ccccc1C#CC(N)=O. The average molecular weight is 189 g/mol. The molecule has 0 aliphatic heterocycles. The average Bonchev–Trinajstić information content (AvgIpc) is 2.17. The van der Waals surface area contributed by atoms with Gasteiger partial charge in [-0.25, -0.2) is 0 Å². The molecule has 0 aromatic heterocycles. The highest BCUT2D eigenvalue weighted by atomic mass is 16.5. The molecule has 1 rings (SSSR count). The van der Waals surface area contributed by atoms with Crippen LogP contribution in [-0.4, -0.2) is 12.5 Å². The maximum atomic E-state index is 10.4. The Morgan fingerprint density at radius 2 is 2.21 bits per heavy atom. The van der Waals surface area contributed by atoms with Gasteiger partial charge in [0.2, 0.25) is 0 Å². The second-order valence-corrected chi connectivity index (χ2v) is 2.54. The topological polar surface area (TPSA) is 52.3 Å². The van der Waals surface area contributed by atoms with Gasteiger partial charge < -0.3 is 10.5 Å². The standard InChI is InChI=1S/C11H11NO2/c1-2-14-10-6-4-3-5-9(10)7-8-11(12)13/h3-6H,2H2,1H3,(H2,12,13). The van der Waals surface area contributed by atoms with Crippen LogP contribution in [0.1, 0.15) is 12.5 Å². The minimum atomic E-state index is -0.642. The van der Waals surface area contributed by atoms with Crippen LogP contribution in [0, 0.1) is 11.8 Å². The van der Waals surface area contributed by atoms with E-state index in [0.717, 1.165) is 0 Å². The van der Waals surface area contributed by atoms with Crippen LogP contribution in [0.5, 0.6) is 5.75 Å². The number of ether oxygens (including phenoxy) is 1. The largest absolute Gasteiger partial charge is 0.493 e. The molecule has 3 heteroatoms. The Labute approximate surface area is 82.9 Å². The molecule has 0 saturated carbocycles. The third-order valence-corrected chi connectivity index (χ3v) is 1.51. The van der Waals surface area contributed by atoms with Crippen LogP contribution in [0.15, 0.2) is 24.3 Å². The maximum absolute atomic E-state index is 10.4. The first-order valence-corrected chi connectivity index (χ1v) is 4.27. The summed E-state index contributed by atoms with van der Waals surface area (Å²) in [6, 6.07) is 7.25. The Kier molecular flexibility index (Phi) is 3.57. The first-order valence-electron chi connectivity index (χ1n) is 4.27. The molecule has 0 spiro atoms. The lowest BCUT2D eigenvalue weighted by Crippen LogP contribution is -2.06. The Hall–Kier alpha value is -1.95. The molecule has 1 aromatic carbocycles. The summed E-state index contributed by atoms with van der Waals surface area (Å²) >= 11 is 0.